The molecule has 1 aliphatic rings. The lowest BCUT2D eigenvalue weighted by atomic mass is 10.0. The van der Waals surface area contributed by atoms with Gasteiger partial charge in [-0.3, -0.25) is 19.3 Å². The lowest BCUT2D eigenvalue weighted by Crippen LogP contribution is -2.49. The van der Waals surface area contributed by atoms with Crippen LogP contribution in [0.1, 0.15) is 48.9 Å². The molecule has 1 aromatic carbocycles. The van der Waals surface area contributed by atoms with Crippen LogP contribution in [-0.4, -0.2) is 32.6 Å². The molecule has 1 aromatic heterocycles. The van der Waals surface area contributed by atoms with Crippen LogP contribution < -0.4 is 10.6 Å². The molecule has 0 aliphatic heterocycles. The molecule has 2 amide bonds. The number of hydrogen-bond acceptors (Lipinski definition) is 4. The number of nitrogens with one attached hydrogen (secondary N) is 3. The number of halogens is 1. The summed E-state index contributed by atoms with van der Waals surface area (Å²) in [5.74, 6) is 0.0395. The van der Waals surface area contributed by atoms with Crippen LogP contribution in [0.4, 0.5) is 0 Å². The molecule has 7 nitrogen and oxygen atoms in total. The molecule has 2 aromatic rings. The van der Waals surface area contributed by atoms with Crippen molar-refractivity contribution in [2.45, 2.75) is 45.3 Å². The highest BCUT2D eigenvalue weighted by molar-refractivity contribution is 7.71. The third-order valence-electron chi connectivity index (χ3n) is 4.45. The summed E-state index contributed by atoms with van der Waals surface area (Å²) < 4.78 is 2.52. The van der Waals surface area contributed by atoms with Gasteiger partial charge in [-0.05, 0) is 55.2 Å². The fourth-order valence-electron chi connectivity index (χ4n) is 2.81. The molecule has 1 fully saturated rings. The van der Waals surface area contributed by atoms with Crippen LogP contribution in [0.5, 0.6) is 0 Å². The van der Waals surface area contributed by atoms with E-state index in [4.69, 9.17) is 23.8 Å². The normalized spacial score (nSPS) is 14.8. The van der Waals surface area contributed by atoms with Crippen LogP contribution >= 0.6 is 23.8 Å². The van der Waals surface area contributed by atoms with Gasteiger partial charge in [-0.2, -0.15) is 5.10 Å². The fraction of sp³-hybridized carbons (Fsp3) is 0.444. The van der Waals surface area contributed by atoms with E-state index in [1.165, 1.54) is 0 Å². The van der Waals surface area contributed by atoms with E-state index in [-0.39, 0.29) is 24.3 Å². The number of aromatic amines is 1. The van der Waals surface area contributed by atoms with Crippen molar-refractivity contribution in [2.24, 2.45) is 5.92 Å². The largest absolute Gasteiger partial charge is 0.347 e. The maximum absolute atomic E-state index is 12.7. The molecule has 0 spiro atoms. The third-order valence-corrected chi connectivity index (χ3v) is 4.99. The maximum atomic E-state index is 12.7. The Morgan fingerprint density at radius 3 is 2.59 bits per heavy atom. The Morgan fingerprint density at radius 1 is 1.33 bits per heavy atom. The molecule has 144 valence electrons. The zero-order chi connectivity index (χ0) is 19.6. The molecule has 27 heavy (non-hydrogen) atoms. The molecule has 1 atom stereocenters. The highest BCUT2D eigenvalue weighted by Crippen LogP contribution is 2.35. The molecular formula is C18H22ClN5O2S. The predicted molar refractivity (Wildman–Crippen MR) is 105 cm³/mol. The summed E-state index contributed by atoms with van der Waals surface area (Å²) in [6.45, 7) is 4.02. The fourth-order valence-corrected chi connectivity index (χ4v) is 3.23. The first kappa shape index (κ1) is 19.6. The molecule has 0 bridgehead atoms. The summed E-state index contributed by atoms with van der Waals surface area (Å²) in [4.78, 5) is 25.1. The average molecular weight is 408 g/mol. The number of benzene rings is 1. The second-order valence-electron chi connectivity index (χ2n) is 6.97. The van der Waals surface area contributed by atoms with Gasteiger partial charge in [0.05, 0.1) is 6.54 Å². The topological polar surface area (TPSA) is 91.8 Å². The van der Waals surface area contributed by atoms with Crippen LogP contribution in [0.15, 0.2) is 24.3 Å². The van der Waals surface area contributed by atoms with Crippen molar-refractivity contribution in [3.05, 3.63) is 45.4 Å². The minimum atomic E-state index is -0.663. The number of carbonyl (C=O) groups excluding carboxylic acids is 2. The Morgan fingerprint density at radius 2 is 2.00 bits per heavy atom. The van der Waals surface area contributed by atoms with Gasteiger partial charge in [0, 0.05) is 16.6 Å². The molecular weight excluding hydrogens is 386 g/mol. The van der Waals surface area contributed by atoms with E-state index in [1.807, 2.05) is 18.4 Å². The van der Waals surface area contributed by atoms with E-state index in [2.05, 4.69) is 20.8 Å². The first-order chi connectivity index (χ1) is 12.9. The smallest absolute Gasteiger partial charge is 0.251 e. The first-order valence-corrected chi connectivity index (χ1v) is 9.65. The Labute approximate surface area is 167 Å². The first-order valence-electron chi connectivity index (χ1n) is 8.86. The Kier molecular flexibility index (Phi) is 5.96. The second-order valence-corrected chi connectivity index (χ2v) is 7.79. The zero-order valence-corrected chi connectivity index (χ0v) is 16.7. The number of amides is 2. The number of aromatic nitrogens is 3. The van der Waals surface area contributed by atoms with Crippen LogP contribution in [0.2, 0.25) is 5.02 Å². The van der Waals surface area contributed by atoms with Crippen molar-refractivity contribution in [3.8, 4) is 0 Å². The molecule has 3 rings (SSSR count). The van der Waals surface area contributed by atoms with E-state index in [0.29, 0.717) is 27.2 Å². The van der Waals surface area contributed by atoms with E-state index in [0.717, 1.165) is 12.8 Å². The van der Waals surface area contributed by atoms with Gasteiger partial charge in [-0.25, -0.2) is 0 Å². The van der Waals surface area contributed by atoms with Crippen molar-refractivity contribution in [3.63, 3.8) is 0 Å². The number of rotatable bonds is 7. The van der Waals surface area contributed by atoms with Crippen molar-refractivity contribution < 1.29 is 9.59 Å². The van der Waals surface area contributed by atoms with Crippen molar-refractivity contribution >= 4 is 35.6 Å². The summed E-state index contributed by atoms with van der Waals surface area (Å²) in [5, 5.41) is 13.2. The van der Waals surface area contributed by atoms with Gasteiger partial charge in [-0.15, -0.1) is 0 Å². The van der Waals surface area contributed by atoms with Crippen LogP contribution in [-0.2, 0) is 11.3 Å². The summed E-state index contributed by atoms with van der Waals surface area (Å²) in [6.07, 6.45) is 2.14. The molecule has 0 radical (unpaired) electrons. The van der Waals surface area contributed by atoms with Gasteiger partial charge >= 0.3 is 0 Å². The summed E-state index contributed by atoms with van der Waals surface area (Å²) in [5.41, 5.74) is 0.451. The minimum absolute atomic E-state index is 0.0782. The maximum Gasteiger partial charge on any atom is 0.251 e. The predicted octanol–water partition coefficient (Wildman–Crippen LogP) is 3.00. The van der Waals surface area contributed by atoms with Gasteiger partial charge < -0.3 is 10.6 Å². The SMILES string of the molecule is CC(C)C(NC(=O)c1ccc(Cl)cc1)C(=O)NCc1n[nH]c(=S)n1C1CC1. The van der Waals surface area contributed by atoms with Gasteiger partial charge in [0.2, 0.25) is 5.91 Å². The average Bonchev–Trinajstić information content (AvgIpc) is 3.40. The summed E-state index contributed by atoms with van der Waals surface area (Å²) >= 11 is 11.1. The third kappa shape index (κ3) is 4.75. The summed E-state index contributed by atoms with van der Waals surface area (Å²) in [7, 11) is 0. The lowest BCUT2D eigenvalue weighted by Gasteiger charge is -2.21. The van der Waals surface area contributed by atoms with Crippen LogP contribution in [0.3, 0.4) is 0 Å². The van der Waals surface area contributed by atoms with E-state index in [9.17, 15) is 9.59 Å². The second kappa shape index (κ2) is 8.22. The molecule has 1 saturated carbocycles. The zero-order valence-electron chi connectivity index (χ0n) is 15.2. The molecule has 1 heterocycles. The van der Waals surface area contributed by atoms with E-state index < -0.39 is 6.04 Å². The van der Waals surface area contributed by atoms with Crippen LogP contribution in [0, 0.1) is 10.7 Å². The Bertz CT molecular complexity index is 886. The lowest BCUT2D eigenvalue weighted by molar-refractivity contribution is -0.124. The van der Waals surface area contributed by atoms with Gasteiger partial charge in [0.25, 0.3) is 5.91 Å². The molecule has 3 N–H and O–H groups in total. The molecule has 1 unspecified atom stereocenters. The monoisotopic (exact) mass is 407 g/mol. The number of carbonyl (C=O) groups is 2. The summed E-state index contributed by atoms with van der Waals surface area (Å²) in [6, 6.07) is 6.24. The van der Waals surface area contributed by atoms with Gasteiger partial charge in [-0.1, -0.05) is 25.4 Å². The number of hydrogen-bond donors (Lipinski definition) is 3. The highest BCUT2D eigenvalue weighted by Gasteiger charge is 2.28. The Balaban J connectivity index is 1.64. The number of H-pyrrole nitrogens is 1. The van der Waals surface area contributed by atoms with Crippen molar-refractivity contribution in [2.75, 3.05) is 0 Å². The van der Waals surface area contributed by atoms with Crippen molar-refractivity contribution in [1.29, 1.82) is 0 Å². The van der Waals surface area contributed by atoms with E-state index >= 15 is 0 Å². The van der Waals surface area contributed by atoms with Crippen LogP contribution in [0.25, 0.3) is 0 Å². The standard InChI is InChI=1S/C18H22ClN5O2S/c1-10(2)15(21-16(25)11-3-5-12(19)6-4-11)17(26)20-9-14-22-23-18(27)24(14)13-7-8-13/h3-6,10,13,15H,7-9H2,1-2H3,(H,20,26)(H,21,25)(H,23,27). The van der Waals surface area contributed by atoms with Gasteiger partial charge in [0.1, 0.15) is 6.04 Å². The van der Waals surface area contributed by atoms with Crippen molar-refractivity contribution in [1.82, 2.24) is 25.4 Å². The quantitative estimate of drug-likeness (QED) is 0.615. The minimum Gasteiger partial charge on any atom is -0.347 e. The van der Waals surface area contributed by atoms with Gasteiger partial charge in [0.15, 0.2) is 10.6 Å². The molecule has 0 saturated heterocycles. The van der Waals surface area contributed by atoms with E-state index in [1.54, 1.807) is 24.3 Å². The molecule has 9 heteroatoms. The highest BCUT2D eigenvalue weighted by atomic mass is 35.5. The number of nitrogens with zero attached hydrogens (tertiary/aromatic N) is 2. The molecule has 1 aliphatic carbocycles. The Hall–Kier alpha value is -2.19.